The fourth-order valence-electron chi connectivity index (χ4n) is 5.82. The van der Waals surface area contributed by atoms with Crippen LogP contribution in [0.2, 0.25) is 0 Å². The van der Waals surface area contributed by atoms with Gasteiger partial charge in [0.2, 0.25) is 5.78 Å². The molecule has 3 aliphatic rings. The number of aliphatic hydroxyl groups is 4. The van der Waals surface area contributed by atoms with Crippen molar-refractivity contribution in [2.45, 2.75) is 30.6 Å². The summed E-state index contributed by atoms with van der Waals surface area (Å²) in [4.78, 5) is 40.2. The first kappa shape index (κ1) is 23.7. The monoisotopic (exact) mass is 473 g/mol. The quantitative estimate of drug-likeness (QED) is 0.223. The minimum absolute atomic E-state index is 0.0529. The lowest BCUT2D eigenvalue weighted by Crippen LogP contribution is -2.70. The highest BCUT2D eigenvalue weighted by atomic mass is 16.4. The number of amides is 1. The number of primary amides is 1. The van der Waals surface area contributed by atoms with Gasteiger partial charge >= 0.3 is 0 Å². The number of aliphatic hydroxyl groups excluding tert-OH is 3. The molecule has 11 nitrogen and oxygen atoms in total. The van der Waals surface area contributed by atoms with Crippen molar-refractivity contribution in [1.29, 1.82) is 0 Å². The van der Waals surface area contributed by atoms with Crippen molar-refractivity contribution < 1.29 is 39.9 Å². The van der Waals surface area contributed by atoms with Crippen molar-refractivity contribution in [1.82, 2.24) is 4.90 Å². The van der Waals surface area contributed by atoms with Crippen LogP contribution >= 0.6 is 0 Å². The topological polar surface area (TPSA) is 194 Å². The van der Waals surface area contributed by atoms with E-state index in [4.69, 9.17) is 5.73 Å². The summed E-state index contributed by atoms with van der Waals surface area (Å²) in [6.07, 6.45) is -1.61. The van der Waals surface area contributed by atoms with Gasteiger partial charge in [-0.1, -0.05) is 13.0 Å². The zero-order valence-corrected chi connectivity index (χ0v) is 19.0. The Labute approximate surface area is 194 Å². The van der Waals surface area contributed by atoms with Crippen molar-refractivity contribution in [2.24, 2.45) is 17.6 Å². The van der Waals surface area contributed by atoms with Crippen molar-refractivity contribution in [3.8, 4) is 5.75 Å². The molecular formula is C23H27N3O8. The molecule has 0 radical (unpaired) electrons. The van der Waals surface area contributed by atoms with Crippen molar-refractivity contribution in [3.63, 3.8) is 0 Å². The van der Waals surface area contributed by atoms with Crippen LogP contribution in [0, 0.1) is 11.8 Å². The van der Waals surface area contributed by atoms with Gasteiger partial charge in [-0.25, -0.2) is 0 Å². The smallest absolute Gasteiger partial charge is 0.255 e. The summed E-state index contributed by atoms with van der Waals surface area (Å²) in [7, 11) is 4.47. The first-order valence-corrected chi connectivity index (χ1v) is 10.7. The normalized spacial score (nSPS) is 33.0. The van der Waals surface area contributed by atoms with Crippen molar-refractivity contribution >= 4 is 28.9 Å². The number of hydrogen-bond acceptors (Lipinski definition) is 10. The van der Waals surface area contributed by atoms with Crippen LogP contribution in [0.25, 0.3) is 5.76 Å². The van der Waals surface area contributed by atoms with Crippen molar-refractivity contribution in [3.05, 3.63) is 40.2 Å². The summed E-state index contributed by atoms with van der Waals surface area (Å²) in [6, 6.07) is 1.84. The van der Waals surface area contributed by atoms with Gasteiger partial charge in [0.1, 0.15) is 22.8 Å². The number of rotatable bonds is 3. The lowest BCUT2D eigenvalue weighted by Gasteiger charge is -2.53. The largest absolute Gasteiger partial charge is 0.508 e. The zero-order valence-electron chi connectivity index (χ0n) is 19.0. The summed E-state index contributed by atoms with van der Waals surface area (Å²) in [5.41, 5.74) is 1.67. The van der Waals surface area contributed by atoms with E-state index in [9.17, 15) is 39.9 Å². The number of Topliss-reactive ketones (excluding diaryl/α,β-unsaturated/α-hetero) is 2. The average molecular weight is 473 g/mol. The molecule has 8 N–H and O–H groups in total. The number of phenols is 1. The molecule has 3 aliphatic carbocycles. The highest BCUT2D eigenvalue weighted by Gasteiger charge is 2.68. The number of benzene rings is 1. The first-order chi connectivity index (χ1) is 15.8. The van der Waals surface area contributed by atoms with Crippen LogP contribution < -0.4 is 11.1 Å². The van der Waals surface area contributed by atoms with E-state index in [1.165, 1.54) is 19.0 Å². The van der Waals surface area contributed by atoms with Crippen LogP contribution in [0.3, 0.4) is 0 Å². The predicted molar refractivity (Wildman–Crippen MR) is 120 cm³/mol. The van der Waals surface area contributed by atoms with Crippen LogP contribution in [0.4, 0.5) is 5.69 Å². The van der Waals surface area contributed by atoms with Gasteiger partial charge in [0.05, 0.1) is 29.3 Å². The molecular weight excluding hydrogens is 446 g/mol. The van der Waals surface area contributed by atoms with Gasteiger partial charge in [0, 0.05) is 18.5 Å². The Balaban J connectivity index is 2.06. The molecule has 1 amide bonds. The Morgan fingerprint density at radius 3 is 2.32 bits per heavy atom. The zero-order chi connectivity index (χ0) is 25.4. The molecule has 0 saturated heterocycles. The number of nitrogens with two attached hydrogens (primary N) is 1. The number of carbonyl (C=O) groups is 3. The number of likely N-dealkylation sites (N-methyl/N-ethyl adjacent to an activating group) is 1. The van der Waals surface area contributed by atoms with E-state index in [0.717, 1.165) is 0 Å². The number of phenolic OH excluding ortho intramolecular Hbond substituents is 1. The lowest BCUT2D eigenvalue weighted by molar-refractivity contribution is -0.169. The van der Waals surface area contributed by atoms with Crippen LogP contribution in [0.1, 0.15) is 24.0 Å². The van der Waals surface area contributed by atoms with Crippen LogP contribution in [-0.2, 0) is 14.4 Å². The highest BCUT2D eigenvalue weighted by Crippen LogP contribution is 2.56. The number of ketones is 2. The number of nitrogens with one attached hydrogen (secondary N) is 1. The summed E-state index contributed by atoms with van der Waals surface area (Å²) in [5, 5.41) is 58.5. The van der Waals surface area contributed by atoms with Gasteiger partial charge < -0.3 is 36.6 Å². The number of aromatic hydroxyl groups is 1. The van der Waals surface area contributed by atoms with E-state index in [1.807, 2.05) is 0 Å². The molecule has 0 aliphatic heterocycles. The maximum Gasteiger partial charge on any atom is 0.255 e. The van der Waals surface area contributed by atoms with E-state index in [1.54, 1.807) is 26.1 Å². The molecule has 2 unspecified atom stereocenters. The SMILES string of the molecule is CNc1ccc2c(c1O)C(O)=C1C(=O)[C@]3(O)C(O)=C(C(N)=O)C(=O)[C@@H](N(C)C)[C@@H]3C(O)[C@@H]1C2C. The summed E-state index contributed by atoms with van der Waals surface area (Å²) in [5.74, 6) is -9.02. The number of carbonyl (C=O) groups excluding carboxylic acids is 3. The molecule has 0 heterocycles. The van der Waals surface area contributed by atoms with E-state index in [0.29, 0.717) is 5.56 Å². The molecule has 1 fully saturated rings. The Morgan fingerprint density at radius 2 is 1.79 bits per heavy atom. The molecule has 0 aromatic heterocycles. The van der Waals surface area contributed by atoms with E-state index in [-0.39, 0.29) is 17.0 Å². The summed E-state index contributed by atoms with van der Waals surface area (Å²) < 4.78 is 0. The Kier molecular flexibility index (Phi) is 5.27. The standard InChI is InChI=1S/C23H27N3O8/c1-7-8-5-6-9(25-2)16(27)11(8)17(28)12-10(7)18(29)14-15(26(3)4)19(30)13(22(24)33)21(32)23(14,34)20(12)31/h5-7,10,14-15,18,25,27-29,32,34H,1-4H3,(H2,24,33)/t7?,10-,14-,15+,18?,23+/m1/s1. The average Bonchev–Trinajstić information content (AvgIpc) is 2.75. The van der Waals surface area contributed by atoms with E-state index in [2.05, 4.69) is 5.32 Å². The molecule has 0 bridgehead atoms. The molecule has 6 atom stereocenters. The minimum atomic E-state index is -2.92. The third kappa shape index (κ3) is 2.71. The molecule has 11 heteroatoms. The van der Waals surface area contributed by atoms with Gasteiger partial charge in [0.25, 0.3) is 5.91 Å². The second-order valence-corrected chi connectivity index (χ2v) is 9.23. The maximum atomic E-state index is 13.8. The third-order valence-corrected chi connectivity index (χ3v) is 7.40. The van der Waals surface area contributed by atoms with Crippen LogP contribution in [0.5, 0.6) is 5.75 Å². The summed E-state index contributed by atoms with van der Waals surface area (Å²) >= 11 is 0. The predicted octanol–water partition coefficient (Wildman–Crippen LogP) is -0.462. The molecule has 0 spiro atoms. The molecule has 4 rings (SSSR count). The highest BCUT2D eigenvalue weighted by molar-refractivity contribution is 6.24. The van der Waals surface area contributed by atoms with E-state index >= 15 is 0 Å². The van der Waals surface area contributed by atoms with Gasteiger partial charge in [-0.05, 0) is 31.6 Å². The number of fused-ring (bicyclic) bond motifs is 3. The first-order valence-electron chi connectivity index (χ1n) is 10.7. The molecule has 182 valence electrons. The number of nitrogens with zero attached hydrogens (tertiary/aromatic N) is 1. The Hall–Kier alpha value is -3.41. The molecule has 1 saturated carbocycles. The van der Waals surface area contributed by atoms with Gasteiger partial charge in [-0.2, -0.15) is 0 Å². The minimum Gasteiger partial charge on any atom is -0.508 e. The fraction of sp³-hybridized carbons (Fsp3) is 0.435. The molecule has 1 aromatic carbocycles. The van der Waals surface area contributed by atoms with Gasteiger partial charge in [0.15, 0.2) is 11.4 Å². The lowest BCUT2D eigenvalue weighted by atomic mass is 9.54. The second-order valence-electron chi connectivity index (χ2n) is 9.23. The maximum absolute atomic E-state index is 13.8. The number of hydrogen-bond donors (Lipinski definition) is 7. The van der Waals surface area contributed by atoms with Crippen molar-refractivity contribution in [2.75, 3.05) is 26.5 Å². The van der Waals surface area contributed by atoms with Crippen LogP contribution in [0.15, 0.2) is 29.0 Å². The Morgan fingerprint density at radius 1 is 1.18 bits per heavy atom. The fourth-order valence-corrected chi connectivity index (χ4v) is 5.82. The van der Waals surface area contributed by atoms with Gasteiger partial charge in [-0.15, -0.1) is 0 Å². The van der Waals surface area contributed by atoms with E-state index < -0.39 is 75.6 Å². The van der Waals surface area contributed by atoms with Gasteiger partial charge in [-0.3, -0.25) is 19.3 Å². The second kappa shape index (κ2) is 7.55. The number of anilines is 1. The summed E-state index contributed by atoms with van der Waals surface area (Å²) in [6.45, 7) is 1.68. The van der Waals surface area contributed by atoms with Crippen LogP contribution in [-0.4, -0.2) is 86.8 Å². The molecule has 34 heavy (non-hydrogen) atoms. The third-order valence-electron chi connectivity index (χ3n) is 7.40. The Bertz CT molecular complexity index is 1200. The molecule has 1 aromatic rings.